The van der Waals surface area contributed by atoms with E-state index in [4.69, 9.17) is 4.74 Å². The Bertz CT molecular complexity index is 1060. The average Bonchev–Trinajstić information content (AvgIpc) is 3.19. The van der Waals surface area contributed by atoms with Crippen molar-refractivity contribution in [3.8, 4) is 28.4 Å². The van der Waals surface area contributed by atoms with Gasteiger partial charge >= 0.3 is 0 Å². The third kappa shape index (κ3) is 3.62. The second-order valence-electron chi connectivity index (χ2n) is 5.76. The highest BCUT2D eigenvalue weighted by atomic mass is 19.1. The third-order valence-corrected chi connectivity index (χ3v) is 3.99. The molecule has 27 heavy (non-hydrogen) atoms. The second-order valence-corrected chi connectivity index (χ2v) is 5.76. The molecular formula is C20H16FN5O. The number of nitrogens with one attached hydrogen (secondary N) is 2. The molecule has 0 radical (unpaired) electrons. The zero-order chi connectivity index (χ0) is 18.6. The summed E-state index contributed by atoms with van der Waals surface area (Å²) < 4.78 is 18.4. The lowest BCUT2D eigenvalue weighted by Gasteiger charge is -2.08. The maximum atomic E-state index is 13.2. The smallest absolute Gasteiger partial charge is 0.227 e. The summed E-state index contributed by atoms with van der Waals surface area (Å²) in [5.74, 6) is 0.895. The minimum atomic E-state index is -0.289. The zero-order valence-corrected chi connectivity index (χ0v) is 14.5. The topological polar surface area (TPSA) is 75.7 Å². The van der Waals surface area contributed by atoms with Gasteiger partial charge in [-0.2, -0.15) is 0 Å². The highest BCUT2D eigenvalue weighted by Crippen LogP contribution is 2.28. The molecule has 134 valence electrons. The van der Waals surface area contributed by atoms with Crippen molar-refractivity contribution in [1.82, 2.24) is 19.9 Å². The van der Waals surface area contributed by atoms with Crippen LogP contribution in [0.1, 0.15) is 0 Å². The van der Waals surface area contributed by atoms with Crippen molar-refractivity contribution in [2.45, 2.75) is 0 Å². The van der Waals surface area contributed by atoms with E-state index in [1.54, 1.807) is 37.8 Å². The van der Waals surface area contributed by atoms with Crippen LogP contribution in [0, 0.1) is 5.82 Å². The van der Waals surface area contributed by atoms with Crippen molar-refractivity contribution in [3.05, 3.63) is 72.9 Å². The summed E-state index contributed by atoms with van der Waals surface area (Å²) in [4.78, 5) is 16.3. The van der Waals surface area contributed by atoms with Crippen LogP contribution in [0.25, 0.3) is 22.6 Å². The summed E-state index contributed by atoms with van der Waals surface area (Å²) in [6, 6.07) is 15.5. The monoisotopic (exact) mass is 361 g/mol. The number of ether oxygens (including phenoxy) is 1. The summed E-state index contributed by atoms with van der Waals surface area (Å²) in [7, 11) is 1.62. The molecule has 0 aliphatic rings. The molecule has 4 rings (SSSR count). The highest BCUT2D eigenvalue weighted by Gasteiger charge is 2.13. The van der Waals surface area contributed by atoms with Gasteiger partial charge in [0, 0.05) is 23.5 Å². The number of hydrogen-bond donors (Lipinski definition) is 2. The summed E-state index contributed by atoms with van der Waals surface area (Å²) in [5.41, 5.74) is 3.72. The maximum Gasteiger partial charge on any atom is 0.227 e. The average molecular weight is 361 g/mol. The second kappa shape index (κ2) is 7.25. The van der Waals surface area contributed by atoms with Crippen LogP contribution < -0.4 is 10.1 Å². The Kier molecular flexibility index (Phi) is 4.49. The first-order valence-electron chi connectivity index (χ1n) is 8.27. The molecule has 7 heteroatoms. The summed E-state index contributed by atoms with van der Waals surface area (Å²) in [6.45, 7) is 0. The molecule has 2 aromatic carbocycles. The largest absolute Gasteiger partial charge is 0.497 e. The molecule has 0 fully saturated rings. The Morgan fingerprint density at radius 2 is 1.89 bits per heavy atom. The van der Waals surface area contributed by atoms with Gasteiger partial charge in [-0.25, -0.2) is 19.3 Å². The Morgan fingerprint density at radius 3 is 2.70 bits per heavy atom. The van der Waals surface area contributed by atoms with Crippen LogP contribution in [-0.2, 0) is 0 Å². The predicted molar refractivity (Wildman–Crippen MR) is 101 cm³/mol. The molecule has 0 spiro atoms. The van der Waals surface area contributed by atoms with Crippen molar-refractivity contribution in [3.63, 3.8) is 0 Å². The van der Waals surface area contributed by atoms with E-state index < -0.39 is 0 Å². The summed E-state index contributed by atoms with van der Waals surface area (Å²) >= 11 is 0. The number of imidazole rings is 1. The number of benzene rings is 2. The first-order chi connectivity index (χ1) is 13.2. The normalized spacial score (nSPS) is 10.6. The SMILES string of the molecule is COc1cccc(Nc2nccc(-c3[nH]cnc3-c3ccc(F)cc3)n2)c1. The van der Waals surface area contributed by atoms with Crippen LogP contribution in [0.4, 0.5) is 16.0 Å². The Labute approximate surface area is 155 Å². The molecule has 0 saturated heterocycles. The zero-order valence-electron chi connectivity index (χ0n) is 14.5. The number of H-pyrrole nitrogens is 1. The van der Waals surface area contributed by atoms with E-state index in [1.807, 2.05) is 24.3 Å². The van der Waals surface area contributed by atoms with Crippen molar-refractivity contribution >= 4 is 11.6 Å². The van der Waals surface area contributed by atoms with E-state index in [0.29, 0.717) is 17.3 Å². The lowest BCUT2D eigenvalue weighted by molar-refractivity contribution is 0.415. The Balaban J connectivity index is 1.65. The number of methoxy groups -OCH3 is 1. The molecule has 0 aliphatic heterocycles. The molecular weight excluding hydrogens is 345 g/mol. The van der Waals surface area contributed by atoms with Crippen LogP contribution in [0.2, 0.25) is 0 Å². The van der Waals surface area contributed by atoms with Crippen molar-refractivity contribution in [2.75, 3.05) is 12.4 Å². The molecule has 2 aromatic heterocycles. The van der Waals surface area contributed by atoms with E-state index in [2.05, 4.69) is 25.3 Å². The van der Waals surface area contributed by atoms with E-state index in [0.717, 1.165) is 22.7 Å². The number of rotatable bonds is 5. The van der Waals surface area contributed by atoms with Gasteiger partial charge in [-0.1, -0.05) is 6.07 Å². The van der Waals surface area contributed by atoms with Gasteiger partial charge in [-0.05, 0) is 42.5 Å². The van der Waals surface area contributed by atoms with E-state index >= 15 is 0 Å². The number of aromatic nitrogens is 4. The Hall–Kier alpha value is -3.74. The maximum absolute atomic E-state index is 13.2. The van der Waals surface area contributed by atoms with Gasteiger partial charge in [0.2, 0.25) is 5.95 Å². The van der Waals surface area contributed by atoms with E-state index in [-0.39, 0.29) is 5.82 Å². The molecule has 6 nitrogen and oxygen atoms in total. The fourth-order valence-corrected chi connectivity index (χ4v) is 2.70. The van der Waals surface area contributed by atoms with Crippen molar-refractivity contribution < 1.29 is 9.13 Å². The number of halogens is 1. The fraction of sp³-hybridized carbons (Fsp3) is 0.0500. The molecule has 2 heterocycles. The lowest BCUT2D eigenvalue weighted by Crippen LogP contribution is -1.98. The van der Waals surface area contributed by atoms with Crippen LogP contribution in [-0.4, -0.2) is 27.0 Å². The molecule has 0 aliphatic carbocycles. The predicted octanol–water partition coefficient (Wildman–Crippen LogP) is 4.43. The van der Waals surface area contributed by atoms with Gasteiger partial charge in [0.1, 0.15) is 11.6 Å². The molecule has 0 amide bonds. The standard InChI is InChI=1S/C20H16FN5O/c1-27-16-4-2-3-15(11-16)25-20-22-10-9-17(26-20)19-18(23-12-24-19)13-5-7-14(21)8-6-13/h2-12H,1H3,(H,23,24)(H,22,25,26). The van der Waals surface area contributed by atoms with E-state index in [1.165, 1.54) is 12.1 Å². The first-order valence-corrected chi connectivity index (χ1v) is 8.27. The molecule has 0 unspecified atom stereocenters. The fourth-order valence-electron chi connectivity index (χ4n) is 2.70. The Morgan fingerprint density at radius 1 is 1.04 bits per heavy atom. The minimum absolute atomic E-state index is 0.289. The van der Waals surface area contributed by atoms with Gasteiger partial charge in [0.15, 0.2) is 0 Å². The molecule has 0 atom stereocenters. The van der Waals surface area contributed by atoms with Gasteiger partial charge in [0.05, 0.1) is 30.5 Å². The molecule has 2 N–H and O–H groups in total. The number of hydrogen-bond acceptors (Lipinski definition) is 5. The quantitative estimate of drug-likeness (QED) is 0.550. The highest BCUT2D eigenvalue weighted by molar-refractivity contribution is 5.76. The number of nitrogens with zero attached hydrogens (tertiary/aromatic N) is 3. The summed E-state index contributed by atoms with van der Waals surface area (Å²) in [5, 5.41) is 3.16. The summed E-state index contributed by atoms with van der Waals surface area (Å²) in [6.07, 6.45) is 3.26. The molecule has 0 bridgehead atoms. The third-order valence-electron chi connectivity index (χ3n) is 3.99. The first kappa shape index (κ1) is 16.7. The van der Waals surface area contributed by atoms with Gasteiger partial charge in [-0.3, -0.25) is 0 Å². The number of aromatic amines is 1. The van der Waals surface area contributed by atoms with E-state index in [9.17, 15) is 4.39 Å². The minimum Gasteiger partial charge on any atom is -0.497 e. The van der Waals surface area contributed by atoms with Crippen LogP contribution in [0.3, 0.4) is 0 Å². The molecule has 4 aromatic rings. The van der Waals surface area contributed by atoms with Gasteiger partial charge in [0.25, 0.3) is 0 Å². The molecule has 0 saturated carbocycles. The van der Waals surface area contributed by atoms with Crippen molar-refractivity contribution in [2.24, 2.45) is 0 Å². The van der Waals surface area contributed by atoms with Crippen LogP contribution >= 0.6 is 0 Å². The van der Waals surface area contributed by atoms with Gasteiger partial charge in [-0.15, -0.1) is 0 Å². The van der Waals surface area contributed by atoms with Gasteiger partial charge < -0.3 is 15.0 Å². The van der Waals surface area contributed by atoms with Crippen LogP contribution in [0.15, 0.2) is 67.1 Å². The number of anilines is 2. The van der Waals surface area contributed by atoms with Crippen LogP contribution in [0.5, 0.6) is 5.75 Å². The van der Waals surface area contributed by atoms with Crippen molar-refractivity contribution in [1.29, 1.82) is 0 Å². The lowest BCUT2D eigenvalue weighted by atomic mass is 10.1.